The Morgan fingerprint density at radius 3 is 2.92 bits per heavy atom. The zero-order chi connectivity index (χ0) is 17.9. The molecular weight excluding hydrogens is 318 g/mol. The summed E-state index contributed by atoms with van der Waals surface area (Å²) in [7, 11) is 1.66. The topological polar surface area (TPSA) is 64.6 Å². The van der Waals surface area contributed by atoms with Crippen LogP contribution in [0.15, 0.2) is 6.20 Å². The fourth-order valence-electron chi connectivity index (χ4n) is 3.47. The smallest absolute Gasteiger partial charge is 0.228 e. The fourth-order valence-corrected chi connectivity index (χ4v) is 3.47. The lowest BCUT2D eigenvalue weighted by molar-refractivity contribution is -0.137. The van der Waals surface area contributed by atoms with Gasteiger partial charge in [0.15, 0.2) is 0 Å². The SMILES string of the molecule is COCCOCc1cnc(C)nc1C1CCCN(C(=O)C2(C)CC2)C1. The van der Waals surface area contributed by atoms with E-state index in [1.165, 1.54) is 0 Å². The molecule has 1 saturated carbocycles. The monoisotopic (exact) mass is 347 g/mol. The van der Waals surface area contributed by atoms with Crippen molar-refractivity contribution in [1.82, 2.24) is 14.9 Å². The van der Waals surface area contributed by atoms with Gasteiger partial charge in [0.1, 0.15) is 5.82 Å². The second-order valence-corrected chi connectivity index (χ2v) is 7.52. The van der Waals surface area contributed by atoms with Gasteiger partial charge in [-0.1, -0.05) is 6.92 Å². The van der Waals surface area contributed by atoms with E-state index in [2.05, 4.69) is 11.9 Å². The van der Waals surface area contributed by atoms with Gasteiger partial charge in [-0.2, -0.15) is 0 Å². The van der Waals surface area contributed by atoms with Crippen LogP contribution < -0.4 is 0 Å². The first kappa shape index (κ1) is 18.3. The molecule has 0 aromatic carbocycles. The Kier molecular flexibility index (Phi) is 5.69. The number of methoxy groups -OCH3 is 1. The molecule has 1 aliphatic heterocycles. The molecule has 0 N–H and O–H groups in total. The van der Waals surface area contributed by atoms with Crippen LogP contribution in [0.25, 0.3) is 0 Å². The molecule has 1 aromatic heterocycles. The largest absolute Gasteiger partial charge is 0.382 e. The van der Waals surface area contributed by atoms with Gasteiger partial charge in [-0.15, -0.1) is 0 Å². The van der Waals surface area contributed by atoms with E-state index in [9.17, 15) is 4.79 Å². The lowest BCUT2D eigenvalue weighted by Crippen LogP contribution is -2.42. The minimum atomic E-state index is -0.102. The Morgan fingerprint density at radius 1 is 1.40 bits per heavy atom. The summed E-state index contributed by atoms with van der Waals surface area (Å²) < 4.78 is 10.7. The van der Waals surface area contributed by atoms with Gasteiger partial charge in [0.25, 0.3) is 0 Å². The van der Waals surface area contributed by atoms with Crippen molar-refractivity contribution >= 4 is 5.91 Å². The molecule has 0 radical (unpaired) electrons. The van der Waals surface area contributed by atoms with E-state index in [0.29, 0.717) is 25.7 Å². The van der Waals surface area contributed by atoms with Gasteiger partial charge in [-0.05, 0) is 32.6 Å². The lowest BCUT2D eigenvalue weighted by Gasteiger charge is -2.35. The predicted octanol–water partition coefficient (Wildman–Crippen LogP) is 2.45. The van der Waals surface area contributed by atoms with E-state index in [1.807, 2.05) is 18.0 Å². The van der Waals surface area contributed by atoms with Gasteiger partial charge in [0, 0.05) is 43.3 Å². The Hall–Kier alpha value is -1.53. The highest BCUT2D eigenvalue weighted by Gasteiger charge is 2.47. The van der Waals surface area contributed by atoms with Gasteiger partial charge >= 0.3 is 0 Å². The van der Waals surface area contributed by atoms with Crippen molar-refractivity contribution in [3.63, 3.8) is 0 Å². The highest BCUT2D eigenvalue weighted by Crippen LogP contribution is 2.47. The van der Waals surface area contributed by atoms with E-state index in [0.717, 1.165) is 55.9 Å². The van der Waals surface area contributed by atoms with Crippen molar-refractivity contribution in [2.75, 3.05) is 33.4 Å². The molecule has 1 aliphatic carbocycles. The minimum absolute atomic E-state index is 0.102. The molecule has 1 unspecified atom stereocenters. The number of hydrogen-bond donors (Lipinski definition) is 0. The van der Waals surface area contributed by atoms with Crippen LogP contribution in [0.1, 0.15) is 55.6 Å². The van der Waals surface area contributed by atoms with Crippen LogP contribution in [-0.2, 0) is 20.9 Å². The van der Waals surface area contributed by atoms with Crippen molar-refractivity contribution in [3.05, 3.63) is 23.3 Å². The number of ether oxygens (including phenoxy) is 2. The molecule has 1 atom stereocenters. The first-order valence-electron chi connectivity index (χ1n) is 9.22. The van der Waals surface area contributed by atoms with Gasteiger partial charge in [0.05, 0.1) is 25.5 Å². The quantitative estimate of drug-likeness (QED) is 0.709. The standard InChI is InChI=1S/C19H29N3O3/c1-14-20-11-16(13-25-10-9-24-3)17(21-14)15-5-4-8-22(12-15)18(23)19(2)6-7-19/h11,15H,4-10,12-13H2,1-3H3. The summed E-state index contributed by atoms with van der Waals surface area (Å²) in [6.45, 7) is 7.24. The molecule has 6 nitrogen and oxygen atoms in total. The van der Waals surface area contributed by atoms with E-state index in [-0.39, 0.29) is 11.3 Å². The summed E-state index contributed by atoms with van der Waals surface area (Å²) in [5, 5.41) is 0. The maximum Gasteiger partial charge on any atom is 0.228 e. The Bertz CT molecular complexity index is 616. The Morgan fingerprint density at radius 2 is 2.20 bits per heavy atom. The van der Waals surface area contributed by atoms with Crippen LogP contribution in [0.5, 0.6) is 0 Å². The number of piperidine rings is 1. The van der Waals surface area contributed by atoms with Crippen molar-refractivity contribution in [3.8, 4) is 0 Å². The van der Waals surface area contributed by atoms with Crippen molar-refractivity contribution in [2.45, 2.75) is 52.1 Å². The molecule has 25 heavy (non-hydrogen) atoms. The fraction of sp³-hybridized carbons (Fsp3) is 0.737. The zero-order valence-electron chi connectivity index (χ0n) is 15.6. The number of aryl methyl sites for hydroxylation is 1. The van der Waals surface area contributed by atoms with E-state index in [1.54, 1.807) is 7.11 Å². The molecule has 1 aromatic rings. The van der Waals surface area contributed by atoms with Crippen LogP contribution in [0.3, 0.4) is 0 Å². The molecule has 3 rings (SSSR count). The summed E-state index contributed by atoms with van der Waals surface area (Å²) in [6, 6.07) is 0. The molecule has 0 bridgehead atoms. The summed E-state index contributed by atoms with van der Waals surface area (Å²) in [6.07, 6.45) is 6.01. The predicted molar refractivity (Wildman–Crippen MR) is 94.2 cm³/mol. The molecule has 6 heteroatoms. The molecule has 0 spiro atoms. The summed E-state index contributed by atoms with van der Waals surface area (Å²) in [4.78, 5) is 23.8. The number of amides is 1. The maximum atomic E-state index is 12.7. The number of likely N-dealkylation sites (tertiary alicyclic amines) is 1. The highest BCUT2D eigenvalue weighted by molar-refractivity contribution is 5.85. The number of hydrogen-bond acceptors (Lipinski definition) is 5. The van der Waals surface area contributed by atoms with E-state index >= 15 is 0 Å². The lowest BCUT2D eigenvalue weighted by atomic mass is 9.91. The average Bonchev–Trinajstić information content (AvgIpc) is 3.38. The third-order valence-electron chi connectivity index (χ3n) is 5.32. The zero-order valence-corrected chi connectivity index (χ0v) is 15.6. The van der Waals surface area contributed by atoms with E-state index in [4.69, 9.17) is 14.5 Å². The van der Waals surface area contributed by atoms with Crippen LogP contribution >= 0.6 is 0 Å². The molecule has 2 aliphatic rings. The van der Waals surface area contributed by atoms with Crippen molar-refractivity contribution in [1.29, 1.82) is 0 Å². The second kappa shape index (κ2) is 7.79. The highest BCUT2D eigenvalue weighted by atomic mass is 16.5. The normalized spacial score (nSPS) is 22.0. The van der Waals surface area contributed by atoms with Crippen LogP contribution in [0.4, 0.5) is 0 Å². The number of nitrogens with zero attached hydrogens (tertiary/aromatic N) is 3. The Labute approximate surface area is 149 Å². The van der Waals surface area contributed by atoms with Crippen LogP contribution in [0.2, 0.25) is 0 Å². The molecule has 138 valence electrons. The molecule has 2 heterocycles. The number of carbonyl (C=O) groups excluding carboxylic acids is 1. The third kappa shape index (κ3) is 4.36. The van der Waals surface area contributed by atoms with Crippen LogP contribution in [0, 0.1) is 12.3 Å². The Balaban J connectivity index is 1.70. The van der Waals surface area contributed by atoms with E-state index < -0.39 is 0 Å². The molecule has 1 saturated heterocycles. The summed E-state index contributed by atoms with van der Waals surface area (Å²) >= 11 is 0. The minimum Gasteiger partial charge on any atom is -0.382 e. The van der Waals surface area contributed by atoms with Crippen molar-refractivity contribution < 1.29 is 14.3 Å². The first-order chi connectivity index (χ1) is 12.0. The molecule has 1 amide bonds. The van der Waals surface area contributed by atoms with Gasteiger partial charge < -0.3 is 14.4 Å². The van der Waals surface area contributed by atoms with Crippen molar-refractivity contribution in [2.24, 2.45) is 5.41 Å². The average molecular weight is 347 g/mol. The molecule has 2 fully saturated rings. The number of aromatic nitrogens is 2. The third-order valence-corrected chi connectivity index (χ3v) is 5.32. The van der Waals surface area contributed by atoms with Gasteiger partial charge in [-0.3, -0.25) is 4.79 Å². The molecular formula is C19H29N3O3. The van der Waals surface area contributed by atoms with Gasteiger partial charge in [0.2, 0.25) is 5.91 Å². The second-order valence-electron chi connectivity index (χ2n) is 7.52. The number of rotatable bonds is 7. The number of carbonyl (C=O) groups is 1. The summed E-state index contributed by atoms with van der Waals surface area (Å²) in [5.74, 6) is 1.36. The maximum absolute atomic E-state index is 12.7. The van der Waals surface area contributed by atoms with Gasteiger partial charge in [-0.25, -0.2) is 9.97 Å². The first-order valence-corrected chi connectivity index (χ1v) is 9.22. The van der Waals surface area contributed by atoms with Crippen LogP contribution in [-0.4, -0.2) is 54.2 Å². The summed E-state index contributed by atoms with van der Waals surface area (Å²) in [5.41, 5.74) is 1.97.